The van der Waals surface area contributed by atoms with Crippen molar-refractivity contribution in [2.45, 2.75) is 56.7 Å². The number of fused-ring (bicyclic) bond motifs is 6. The minimum absolute atomic E-state index is 0.00933. The van der Waals surface area contributed by atoms with Crippen molar-refractivity contribution in [1.29, 1.82) is 0 Å². The highest BCUT2D eigenvalue weighted by atomic mass is 35.5. The number of hydrogen-bond acceptors (Lipinski definition) is 11. The molecule has 304 valence electrons. The van der Waals surface area contributed by atoms with Gasteiger partial charge < -0.3 is 38.1 Å². The van der Waals surface area contributed by atoms with Crippen molar-refractivity contribution in [3.63, 3.8) is 0 Å². The Morgan fingerprint density at radius 3 is 2.43 bits per heavy atom. The van der Waals surface area contributed by atoms with Crippen LogP contribution >= 0.6 is 23.4 Å². The molecule has 1 N–H and O–H groups in total. The Morgan fingerprint density at radius 1 is 0.983 bits per heavy atom. The third-order valence-corrected chi connectivity index (χ3v) is 13.0. The maximum Gasteiger partial charge on any atom is 0.250 e. The van der Waals surface area contributed by atoms with Crippen molar-refractivity contribution in [1.82, 2.24) is 14.8 Å². The summed E-state index contributed by atoms with van der Waals surface area (Å²) in [6.07, 6.45) is 3.00. The monoisotopic (exact) mass is 829 g/mol. The molecule has 58 heavy (non-hydrogen) atoms. The van der Waals surface area contributed by atoms with Gasteiger partial charge in [0.15, 0.2) is 5.75 Å². The molecule has 4 aliphatic rings. The lowest BCUT2D eigenvalue weighted by Gasteiger charge is -2.43. The summed E-state index contributed by atoms with van der Waals surface area (Å²) >= 11 is 8.25. The Labute approximate surface area is 344 Å². The van der Waals surface area contributed by atoms with Gasteiger partial charge in [0.05, 0.1) is 33.3 Å². The van der Waals surface area contributed by atoms with E-state index in [4.69, 9.17) is 35.0 Å². The van der Waals surface area contributed by atoms with Crippen LogP contribution in [0.15, 0.2) is 57.7 Å². The zero-order valence-corrected chi connectivity index (χ0v) is 34.4. The lowest BCUT2D eigenvalue weighted by Crippen LogP contribution is -2.56. The number of ether oxygens (including phenoxy) is 4. The molecule has 4 aromatic rings. The summed E-state index contributed by atoms with van der Waals surface area (Å²) in [7, 11) is 4.37. The van der Waals surface area contributed by atoms with Crippen molar-refractivity contribution >= 4 is 46.7 Å². The number of aromatic nitrogens is 1. The van der Waals surface area contributed by atoms with Gasteiger partial charge in [-0.05, 0) is 61.1 Å². The summed E-state index contributed by atoms with van der Waals surface area (Å²) in [5, 5.41) is 3.03. The number of Topliss-reactive ketones (excluding diaryl/α,β-unsaturated/α-hetero) is 2. The largest absolute Gasteiger partial charge is 0.497 e. The highest BCUT2D eigenvalue weighted by molar-refractivity contribution is 7.98. The molecule has 2 aromatic carbocycles. The summed E-state index contributed by atoms with van der Waals surface area (Å²) in [6, 6.07) is 12.9. The van der Waals surface area contributed by atoms with E-state index in [0.717, 1.165) is 12.1 Å². The number of hydrogen-bond donors (Lipinski definition) is 1. The molecule has 5 atom stereocenters. The van der Waals surface area contributed by atoms with Gasteiger partial charge in [-0.2, -0.15) is 11.8 Å². The number of benzene rings is 2. The van der Waals surface area contributed by atoms with Crippen molar-refractivity contribution in [3.8, 4) is 34.3 Å². The molecular formula is C43H44ClN3O10S. The molecule has 5 heterocycles. The highest BCUT2D eigenvalue weighted by Crippen LogP contribution is 2.54. The van der Waals surface area contributed by atoms with Gasteiger partial charge in [-0.15, -0.1) is 0 Å². The molecule has 13 nitrogen and oxygen atoms in total. The van der Waals surface area contributed by atoms with Gasteiger partial charge in [0.2, 0.25) is 29.0 Å². The Hall–Kier alpha value is -5.21. The summed E-state index contributed by atoms with van der Waals surface area (Å²) in [6.45, 7) is 3.18. The number of pyridine rings is 1. The molecule has 1 saturated heterocycles. The van der Waals surface area contributed by atoms with Gasteiger partial charge in [0.25, 0.3) is 5.56 Å². The fourth-order valence-corrected chi connectivity index (χ4v) is 9.91. The van der Waals surface area contributed by atoms with Crippen LogP contribution in [0.5, 0.6) is 23.0 Å². The maximum absolute atomic E-state index is 15.1. The maximum atomic E-state index is 15.1. The molecule has 1 fully saturated rings. The van der Waals surface area contributed by atoms with Gasteiger partial charge in [-0.1, -0.05) is 24.6 Å². The average Bonchev–Trinajstić information content (AvgIpc) is 3.74. The van der Waals surface area contributed by atoms with Gasteiger partial charge in [0, 0.05) is 66.8 Å². The number of rotatable bonds is 11. The standard InChI is InChI=1S/C43H44ClN3O10S/c1-22-15-31-35(40(50)43(22)41(51)36-30(54-3)18-32(55-4)37(44)39(36)57-43)27(38(56-31)24-9-11-26(53-2)12-10-24)17-33(48)45-28(13-14-58-5)42(52)46-19-23-16-25(21-46)29-7-6-8-34(49)47(29)20-23/h6-12,18,22-23,25,28H,13-17,19-21H2,1-5H3,(H,45,48). The molecule has 1 spiro atoms. The van der Waals surface area contributed by atoms with Gasteiger partial charge in [-0.3, -0.25) is 24.0 Å². The van der Waals surface area contributed by atoms with Gasteiger partial charge in [-0.25, -0.2) is 0 Å². The van der Waals surface area contributed by atoms with Crippen LogP contribution in [-0.2, 0) is 29.0 Å². The first-order valence-corrected chi connectivity index (χ1v) is 21.0. The van der Waals surface area contributed by atoms with Crippen LogP contribution in [0.1, 0.15) is 63.4 Å². The predicted molar refractivity (Wildman–Crippen MR) is 217 cm³/mol. The number of ketones is 2. The molecule has 1 aliphatic carbocycles. The molecule has 2 bridgehead atoms. The quantitative estimate of drug-likeness (QED) is 0.188. The second-order valence-corrected chi connectivity index (χ2v) is 16.7. The van der Waals surface area contributed by atoms with Gasteiger partial charge in [0.1, 0.15) is 45.4 Å². The smallest absolute Gasteiger partial charge is 0.250 e. The van der Waals surface area contributed by atoms with Crippen LogP contribution in [0, 0.1) is 11.8 Å². The number of nitrogens with zero attached hydrogens (tertiary/aromatic N) is 2. The topological polar surface area (TPSA) is 156 Å². The van der Waals surface area contributed by atoms with Crippen LogP contribution in [0.4, 0.5) is 0 Å². The van der Waals surface area contributed by atoms with E-state index in [1.807, 2.05) is 21.8 Å². The molecule has 0 radical (unpaired) electrons. The van der Waals surface area contributed by atoms with E-state index in [2.05, 4.69) is 5.32 Å². The van der Waals surface area contributed by atoms with E-state index in [0.29, 0.717) is 48.9 Å². The van der Waals surface area contributed by atoms with E-state index in [9.17, 15) is 19.2 Å². The summed E-state index contributed by atoms with van der Waals surface area (Å²) in [5.74, 6) is -0.416. The zero-order valence-electron chi connectivity index (χ0n) is 32.8. The van der Waals surface area contributed by atoms with E-state index in [1.165, 1.54) is 20.3 Å². The molecular weight excluding hydrogens is 786 g/mol. The first-order chi connectivity index (χ1) is 27.9. The average molecular weight is 830 g/mol. The normalized spacial score (nSPS) is 22.1. The second kappa shape index (κ2) is 15.5. The van der Waals surface area contributed by atoms with Crippen molar-refractivity contribution in [2.75, 3.05) is 46.4 Å². The minimum atomic E-state index is -2.03. The van der Waals surface area contributed by atoms with Crippen LogP contribution in [0.2, 0.25) is 5.02 Å². The lowest BCUT2D eigenvalue weighted by atomic mass is 9.70. The van der Waals surface area contributed by atoms with Crippen LogP contribution < -0.4 is 29.8 Å². The van der Waals surface area contributed by atoms with Crippen LogP contribution in [0.25, 0.3) is 11.3 Å². The molecule has 0 saturated carbocycles. The van der Waals surface area contributed by atoms with E-state index < -0.39 is 35.0 Å². The minimum Gasteiger partial charge on any atom is -0.497 e. The lowest BCUT2D eigenvalue weighted by molar-refractivity contribution is -0.138. The van der Waals surface area contributed by atoms with Crippen molar-refractivity contribution in [3.05, 3.63) is 92.1 Å². The Kier molecular flexibility index (Phi) is 10.6. The number of carbonyl (C=O) groups is 4. The van der Waals surface area contributed by atoms with E-state index in [1.54, 1.807) is 62.2 Å². The fraction of sp³-hybridized carbons (Fsp3) is 0.419. The molecule has 5 unspecified atom stereocenters. The molecule has 8 rings (SSSR count). The Balaban J connectivity index is 1.13. The third kappa shape index (κ3) is 6.44. The molecule has 2 amide bonds. The number of furan rings is 1. The number of piperidine rings is 1. The first-order valence-electron chi connectivity index (χ1n) is 19.2. The number of carbonyl (C=O) groups excluding carboxylic acids is 4. The van der Waals surface area contributed by atoms with Crippen molar-refractivity contribution < 1.29 is 42.5 Å². The second-order valence-electron chi connectivity index (χ2n) is 15.4. The number of likely N-dealkylation sites (tertiary alicyclic amines) is 1. The molecule has 3 aliphatic heterocycles. The molecule has 2 aromatic heterocycles. The number of methoxy groups -OCH3 is 3. The number of nitrogens with one attached hydrogen (secondary N) is 1. The summed E-state index contributed by atoms with van der Waals surface area (Å²) in [5.41, 5.74) is -0.192. The van der Waals surface area contributed by atoms with Gasteiger partial charge >= 0.3 is 0 Å². The predicted octanol–water partition coefficient (Wildman–Crippen LogP) is 5.60. The van der Waals surface area contributed by atoms with Crippen LogP contribution in [-0.4, -0.2) is 90.9 Å². The van der Waals surface area contributed by atoms with E-state index in [-0.39, 0.29) is 80.9 Å². The highest BCUT2D eigenvalue weighted by Gasteiger charge is 2.63. The zero-order chi connectivity index (χ0) is 41.0. The number of thioether (sulfide) groups is 1. The van der Waals surface area contributed by atoms with Crippen LogP contribution in [0.3, 0.4) is 0 Å². The summed E-state index contributed by atoms with van der Waals surface area (Å²) < 4.78 is 31.0. The SMILES string of the molecule is COc1ccc(-c2oc3c(c2CC(=O)NC(CCSC)C(=O)N2CC4CC(C2)c2cccc(=O)n2C4)C(=O)C2(Oc4c(Cl)c(OC)cc(OC)c4C2=O)C(C)C3)cc1. The Morgan fingerprint density at radius 2 is 1.72 bits per heavy atom. The van der Waals surface area contributed by atoms with E-state index >= 15 is 4.79 Å². The number of amides is 2. The first kappa shape index (κ1) is 39.6. The fourth-order valence-electron chi connectivity index (χ4n) is 9.17. The molecule has 15 heteroatoms. The summed E-state index contributed by atoms with van der Waals surface area (Å²) in [4.78, 5) is 72.7. The van der Waals surface area contributed by atoms with Crippen molar-refractivity contribution in [2.24, 2.45) is 11.8 Å². The number of halogens is 1. The third-order valence-electron chi connectivity index (χ3n) is 12.0. The Bertz CT molecular complexity index is 2390.